The van der Waals surface area contributed by atoms with Crippen LogP contribution in [0, 0.1) is 6.92 Å². The number of rotatable bonds is 3. The van der Waals surface area contributed by atoms with E-state index in [2.05, 4.69) is 15.3 Å². The zero-order chi connectivity index (χ0) is 15.5. The Morgan fingerprint density at radius 1 is 1.50 bits per heavy atom. The van der Waals surface area contributed by atoms with Crippen molar-refractivity contribution < 1.29 is 9.53 Å². The number of piperidine rings is 1. The summed E-state index contributed by atoms with van der Waals surface area (Å²) < 4.78 is 5.20. The SMILES string of the molecule is COc1ncccc1C(=O)N1CCC[C@H](c2nc(C)cs2)C1. The van der Waals surface area contributed by atoms with Gasteiger partial charge in [0.05, 0.1) is 12.1 Å². The molecule has 0 spiro atoms. The zero-order valence-corrected chi connectivity index (χ0v) is 13.6. The molecule has 0 radical (unpaired) electrons. The van der Waals surface area contributed by atoms with Gasteiger partial charge in [-0.05, 0) is 31.9 Å². The van der Waals surface area contributed by atoms with Crippen LogP contribution >= 0.6 is 11.3 Å². The van der Waals surface area contributed by atoms with Crippen molar-refractivity contribution in [1.29, 1.82) is 0 Å². The van der Waals surface area contributed by atoms with Crippen molar-refractivity contribution in [1.82, 2.24) is 14.9 Å². The van der Waals surface area contributed by atoms with E-state index in [1.54, 1.807) is 29.7 Å². The number of likely N-dealkylation sites (tertiary alicyclic amines) is 1. The summed E-state index contributed by atoms with van der Waals surface area (Å²) in [6.07, 6.45) is 3.71. The third-order valence-corrected chi connectivity index (χ3v) is 5.01. The van der Waals surface area contributed by atoms with E-state index in [4.69, 9.17) is 4.74 Å². The highest BCUT2D eigenvalue weighted by Gasteiger charge is 2.28. The van der Waals surface area contributed by atoms with Gasteiger partial charge in [-0.2, -0.15) is 0 Å². The zero-order valence-electron chi connectivity index (χ0n) is 12.8. The second-order valence-corrected chi connectivity index (χ2v) is 6.37. The molecule has 22 heavy (non-hydrogen) atoms. The van der Waals surface area contributed by atoms with Crippen LogP contribution in [0.25, 0.3) is 0 Å². The van der Waals surface area contributed by atoms with Crippen LogP contribution in [-0.4, -0.2) is 41.0 Å². The number of aryl methyl sites for hydroxylation is 1. The van der Waals surface area contributed by atoms with E-state index < -0.39 is 0 Å². The Bertz CT molecular complexity index is 671. The van der Waals surface area contributed by atoms with Gasteiger partial charge in [0.2, 0.25) is 5.88 Å². The number of hydrogen-bond donors (Lipinski definition) is 0. The van der Waals surface area contributed by atoms with Crippen LogP contribution in [0.5, 0.6) is 5.88 Å². The normalized spacial score (nSPS) is 18.3. The summed E-state index contributed by atoms with van der Waals surface area (Å²) in [4.78, 5) is 23.3. The number of ether oxygens (including phenoxy) is 1. The van der Waals surface area contributed by atoms with E-state index in [1.165, 1.54) is 7.11 Å². The molecule has 0 bridgehead atoms. The van der Waals surface area contributed by atoms with E-state index in [1.807, 2.05) is 11.8 Å². The Kier molecular flexibility index (Phi) is 4.38. The second kappa shape index (κ2) is 6.44. The minimum absolute atomic E-state index is 0.0112. The lowest BCUT2D eigenvalue weighted by Crippen LogP contribution is -2.39. The van der Waals surface area contributed by atoms with Gasteiger partial charge in [0.1, 0.15) is 5.56 Å². The van der Waals surface area contributed by atoms with Gasteiger partial charge in [-0.25, -0.2) is 9.97 Å². The Morgan fingerprint density at radius 3 is 3.09 bits per heavy atom. The topological polar surface area (TPSA) is 55.3 Å². The molecule has 2 aromatic heterocycles. The van der Waals surface area contributed by atoms with Gasteiger partial charge in [-0.3, -0.25) is 4.79 Å². The molecule has 1 amide bonds. The Morgan fingerprint density at radius 2 is 2.36 bits per heavy atom. The number of aromatic nitrogens is 2. The van der Waals surface area contributed by atoms with Crippen molar-refractivity contribution in [2.75, 3.05) is 20.2 Å². The van der Waals surface area contributed by atoms with Gasteiger partial charge in [0.15, 0.2) is 0 Å². The average Bonchev–Trinajstić information content (AvgIpc) is 3.01. The number of pyridine rings is 1. The molecule has 0 saturated carbocycles. The van der Waals surface area contributed by atoms with Crippen LogP contribution in [0.2, 0.25) is 0 Å². The summed E-state index contributed by atoms with van der Waals surface area (Å²) in [6, 6.07) is 3.53. The minimum Gasteiger partial charge on any atom is -0.480 e. The maximum Gasteiger partial charge on any atom is 0.259 e. The van der Waals surface area contributed by atoms with Crippen LogP contribution < -0.4 is 4.74 Å². The van der Waals surface area contributed by atoms with Crippen molar-refractivity contribution in [3.05, 3.63) is 40.0 Å². The largest absolute Gasteiger partial charge is 0.480 e. The molecule has 1 atom stereocenters. The Labute approximate surface area is 134 Å². The quantitative estimate of drug-likeness (QED) is 0.873. The molecule has 3 rings (SSSR count). The van der Waals surface area contributed by atoms with Crippen molar-refractivity contribution in [2.24, 2.45) is 0 Å². The highest BCUT2D eigenvalue weighted by atomic mass is 32.1. The van der Waals surface area contributed by atoms with E-state index in [9.17, 15) is 4.79 Å². The molecule has 1 aliphatic rings. The second-order valence-electron chi connectivity index (χ2n) is 5.48. The van der Waals surface area contributed by atoms with Gasteiger partial charge in [0.25, 0.3) is 5.91 Å². The molecule has 6 heteroatoms. The summed E-state index contributed by atoms with van der Waals surface area (Å²) in [5.41, 5.74) is 1.58. The predicted octanol–water partition coefficient (Wildman–Crippen LogP) is 2.87. The molecule has 0 unspecified atom stereocenters. The molecule has 1 fully saturated rings. The molecule has 1 saturated heterocycles. The van der Waals surface area contributed by atoms with Crippen LogP contribution in [-0.2, 0) is 0 Å². The molecule has 5 nitrogen and oxygen atoms in total. The van der Waals surface area contributed by atoms with Gasteiger partial charge < -0.3 is 9.64 Å². The first-order valence-electron chi connectivity index (χ1n) is 7.39. The monoisotopic (exact) mass is 317 g/mol. The van der Waals surface area contributed by atoms with Crippen LogP contribution in [0.15, 0.2) is 23.7 Å². The number of methoxy groups -OCH3 is 1. The number of amides is 1. The molecule has 1 aliphatic heterocycles. The van der Waals surface area contributed by atoms with Gasteiger partial charge >= 0.3 is 0 Å². The molecule has 0 aromatic carbocycles. The maximum atomic E-state index is 12.8. The number of thiazole rings is 1. The van der Waals surface area contributed by atoms with Gasteiger partial charge in [-0.15, -0.1) is 11.3 Å². The third-order valence-electron chi connectivity index (χ3n) is 3.89. The molecule has 2 aromatic rings. The minimum atomic E-state index is -0.0112. The lowest BCUT2D eigenvalue weighted by Gasteiger charge is -2.32. The van der Waals surface area contributed by atoms with Crippen molar-refractivity contribution in [2.45, 2.75) is 25.7 Å². The first-order chi connectivity index (χ1) is 10.7. The summed E-state index contributed by atoms with van der Waals surface area (Å²) in [7, 11) is 1.54. The lowest BCUT2D eigenvalue weighted by atomic mass is 9.98. The van der Waals surface area contributed by atoms with E-state index in [0.717, 1.165) is 30.1 Å². The molecular formula is C16H19N3O2S. The smallest absolute Gasteiger partial charge is 0.259 e. The van der Waals surface area contributed by atoms with Gasteiger partial charge in [-0.1, -0.05) is 0 Å². The highest BCUT2D eigenvalue weighted by molar-refractivity contribution is 7.09. The fourth-order valence-corrected chi connectivity index (χ4v) is 3.73. The van der Waals surface area contributed by atoms with E-state index in [-0.39, 0.29) is 5.91 Å². The van der Waals surface area contributed by atoms with Crippen molar-refractivity contribution >= 4 is 17.2 Å². The fraction of sp³-hybridized carbons (Fsp3) is 0.438. The fourth-order valence-electron chi connectivity index (χ4n) is 2.81. The number of carbonyl (C=O) groups is 1. The predicted molar refractivity (Wildman–Crippen MR) is 85.5 cm³/mol. The van der Waals surface area contributed by atoms with Crippen LogP contribution in [0.1, 0.15) is 39.8 Å². The number of nitrogens with zero attached hydrogens (tertiary/aromatic N) is 3. The summed E-state index contributed by atoms with van der Waals surface area (Å²) >= 11 is 1.69. The maximum absolute atomic E-state index is 12.8. The third kappa shape index (κ3) is 2.97. The number of hydrogen-bond acceptors (Lipinski definition) is 5. The molecule has 3 heterocycles. The Balaban J connectivity index is 1.78. The molecule has 0 N–H and O–H groups in total. The number of carbonyl (C=O) groups excluding carboxylic acids is 1. The molecule has 116 valence electrons. The van der Waals surface area contributed by atoms with E-state index >= 15 is 0 Å². The lowest BCUT2D eigenvalue weighted by molar-refractivity contribution is 0.0703. The van der Waals surface area contributed by atoms with Crippen LogP contribution in [0.3, 0.4) is 0 Å². The average molecular weight is 317 g/mol. The van der Waals surface area contributed by atoms with Crippen LogP contribution in [0.4, 0.5) is 0 Å². The summed E-state index contributed by atoms with van der Waals surface area (Å²) in [5, 5.41) is 3.20. The van der Waals surface area contributed by atoms with Crippen molar-refractivity contribution in [3.8, 4) is 5.88 Å². The van der Waals surface area contributed by atoms with Crippen molar-refractivity contribution in [3.63, 3.8) is 0 Å². The highest BCUT2D eigenvalue weighted by Crippen LogP contribution is 2.30. The first kappa shape index (κ1) is 15.0. The molecule has 0 aliphatic carbocycles. The Hall–Kier alpha value is -1.95. The van der Waals surface area contributed by atoms with E-state index in [0.29, 0.717) is 23.9 Å². The van der Waals surface area contributed by atoms with Gasteiger partial charge in [0, 0.05) is 36.3 Å². The standard InChI is InChI=1S/C16H19N3O2S/c1-11-10-22-15(18-11)12-5-4-8-19(9-12)16(20)13-6-3-7-17-14(13)21-2/h3,6-7,10,12H,4-5,8-9H2,1-2H3/t12-/m0/s1. The molecular weight excluding hydrogens is 298 g/mol. The summed E-state index contributed by atoms with van der Waals surface area (Å²) in [5.74, 6) is 0.710. The summed E-state index contributed by atoms with van der Waals surface area (Å²) in [6.45, 7) is 3.49. The first-order valence-corrected chi connectivity index (χ1v) is 8.27.